The van der Waals surface area contributed by atoms with Crippen LogP contribution in [0.4, 0.5) is 4.79 Å². The van der Waals surface area contributed by atoms with E-state index < -0.39 is 12.1 Å². The summed E-state index contributed by atoms with van der Waals surface area (Å²) in [6.07, 6.45) is 2.65. The Morgan fingerprint density at radius 3 is 2.34 bits per heavy atom. The van der Waals surface area contributed by atoms with E-state index in [1.807, 2.05) is 29.2 Å². The van der Waals surface area contributed by atoms with Crippen LogP contribution in [0.2, 0.25) is 0 Å². The lowest BCUT2D eigenvalue weighted by atomic mass is 9.78. The van der Waals surface area contributed by atoms with Crippen LogP contribution in [0.15, 0.2) is 48.5 Å². The Hall–Kier alpha value is -3.35. The van der Waals surface area contributed by atoms with Crippen molar-refractivity contribution in [1.29, 1.82) is 0 Å². The number of rotatable bonds is 6. The third-order valence-electron chi connectivity index (χ3n) is 7.96. The summed E-state index contributed by atoms with van der Waals surface area (Å²) in [6, 6.07) is 16.0. The lowest BCUT2D eigenvalue weighted by molar-refractivity contribution is -0.145. The van der Waals surface area contributed by atoms with Gasteiger partial charge in [0.05, 0.1) is 5.92 Å². The molecule has 1 saturated heterocycles. The van der Waals surface area contributed by atoms with Crippen LogP contribution in [0.5, 0.6) is 0 Å². The maximum Gasteiger partial charge on any atom is 0.407 e. The molecule has 1 saturated carbocycles. The SMILES string of the molecule is CC(CC(=O)N1CCC2CCC(C(=O)O)CC21)NC(=O)OCC1c2ccccc2-c2ccccc21. The smallest absolute Gasteiger partial charge is 0.407 e. The lowest BCUT2D eigenvalue weighted by Gasteiger charge is -2.35. The van der Waals surface area contributed by atoms with Gasteiger partial charge >= 0.3 is 12.1 Å². The summed E-state index contributed by atoms with van der Waals surface area (Å²) >= 11 is 0. The molecule has 4 unspecified atom stereocenters. The topological polar surface area (TPSA) is 95.9 Å². The standard InChI is InChI=1S/C28H32N2O5/c1-17(14-26(31)30-13-12-18-10-11-19(27(32)33)15-25(18)30)29-28(34)35-16-24-22-8-4-2-6-20(22)21-7-3-5-9-23(21)24/h2-9,17-19,24-25H,10-16H2,1H3,(H,29,34)(H,32,33). The van der Waals surface area contributed by atoms with Crippen LogP contribution in [-0.4, -0.2) is 53.2 Å². The molecule has 35 heavy (non-hydrogen) atoms. The van der Waals surface area contributed by atoms with Gasteiger partial charge in [-0.3, -0.25) is 9.59 Å². The first kappa shape index (κ1) is 23.4. The largest absolute Gasteiger partial charge is 0.481 e. The molecule has 0 aromatic heterocycles. The van der Waals surface area contributed by atoms with Crippen molar-refractivity contribution in [3.8, 4) is 11.1 Å². The van der Waals surface area contributed by atoms with Gasteiger partial charge in [-0.15, -0.1) is 0 Å². The number of likely N-dealkylation sites (tertiary alicyclic amines) is 1. The molecule has 0 bridgehead atoms. The fraction of sp³-hybridized carbons (Fsp3) is 0.464. The summed E-state index contributed by atoms with van der Waals surface area (Å²) in [5.74, 6) is -0.802. The highest BCUT2D eigenvalue weighted by Crippen LogP contribution is 2.44. The minimum Gasteiger partial charge on any atom is -0.481 e. The summed E-state index contributed by atoms with van der Waals surface area (Å²) in [4.78, 5) is 38.8. The molecular formula is C28H32N2O5. The Kier molecular flexibility index (Phi) is 6.50. The fourth-order valence-corrected chi connectivity index (χ4v) is 6.20. The number of carboxylic acids is 1. The van der Waals surface area contributed by atoms with Crippen LogP contribution in [0, 0.1) is 11.8 Å². The van der Waals surface area contributed by atoms with E-state index >= 15 is 0 Å². The number of ether oxygens (including phenoxy) is 1. The quantitative estimate of drug-likeness (QED) is 0.644. The van der Waals surface area contributed by atoms with Crippen LogP contribution >= 0.6 is 0 Å². The number of aliphatic carboxylic acids is 1. The first-order chi connectivity index (χ1) is 16.9. The highest BCUT2D eigenvalue weighted by Gasteiger charge is 2.42. The Balaban J connectivity index is 1.14. The number of carboxylic acid groups (broad SMARTS) is 1. The highest BCUT2D eigenvalue weighted by atomic mass is 16.5. The molecule has 184 valence electrons. The molecule has 2 N–H and O–H groups in total. The molecule has 7 nitrogen and oxygen atoms in total. The molecule has 2 aliphatic carbocycles. The van der Waals surface area contributed by atoms with Crippen LogP contribution in [0.1, 0.15) is 56.1 Å². The van der Waals surface area contributed by atoms with Gasteiger partial charge in [0.15, 0.2) is 0 Å². The van der Waals surface area contributed by atoms with E-state index in [-0.39, 0.29) is 42.9 Å². The number of nitrogens with zero attached hydrogens (tertiary/aromatic N) is 1. The van der Waals surface area contributed by atoms with E-state index in [2.05, 4.69) is 29.6 Å². The summed E-state index contributed by atoms with van der Waals surface area (Å²) in [5.41, 5.74) is 4.65. The van der Waals surface area contributed by atoms with Crippen molar-refractivity contribution >= 4 is 18.0 Å². The number of amides is 2. The fourth-order valence-electron chi connectivity index (χ4n) is 6.20. The zero-order valence-electron chi connectivity index (χ0n) is 20.0. The number of carbonyl (C=O) groups excluding carboxylic acids is 2. The molecule has 5 rings (SSSR count). The van der Waals surface area contributed by atoms with E-state index in [4.69, 9.17) is 4.74 Å². The molecule has 0 spiro atoms. The molecule has 3 aliphatic rings. The first-order valence-electron chi connectivity index (χ1n) is 12.6. The zero-order chi connectivity index (χ0) is 24.5. The third-order valence-corrected chi connectivity index (χ3v) is 7.96. The van der Waals surface area contributed by atoms with Crippen LogP contribution in [0.3, 0.4) is 0 Å². The van der Waals surface area contributed by atoms with Crippen molar-refractivity contribution in [1.82, 2.24) is 10.2 Å². The maximum atomic E-state index is 13.0. The van der Waals surface area contributed by atoms with Crippen LogP contribution in [0.25, 0.3) is 11.1 Å². The third kappa shape index (κ3) is 4.64. The van der Waals surface area contributed by atoms with Crippen LogP contribution < -0.4 is 5.32 Å². The monoisotopic (exact) mass is 476 g/mol. The van der Waals surface area contributed by atoms with Gasteiger partial charge in [0.2, 0.25) is 5.91 Å². The molecule has 1 heterocycles. The normalized spacial score (nSPS) is 23.7. The van der Waals surface area contributed by atoms with E-state index in [1.54, 1.807) is 6.92 Å². The molecule has 2 fully saturated rings. The van der Waals surface area contributed by atoms with Gasteiger partial charge in [0.25, 0.3) is 0 Å². The molecule has 0 radical (unpaired) electrons. The molecule has 2 aromatic rings. The van der Waals surface area contributed by atoms with Crippen molar-refractivity contribution in [2.75, 3.05) is 13.2 Å². The first-order valence-corrected chi connectivity index (χ1v) is 12.6. The summed E-state index contributed by atoms with van der Waals surface area (Å²) in [6.45, 7) is 2.69. The summed E-state index contributed by atoms with van der Waals surface area (Å²) in [5, 5.41) is 12.2. The van der Waals surface area contributed by atoms with Crippen molar-refractivity contribution < 1.29 is 24.2 Å². The summed E-state index contributed by atoms with van der Waals surface area (Å²) < 4.78 is 5.60. The number of hydrogen-bond donors (Lipinski definition) is 2. The zero-order valence-corrected chi connectivity index (χ0v) is 20.0. The Morgan fingerprint density at radius 1 is 1.03 bits per heavy atom. The molecule has 2 aromatic carbocycles. The van der Waals surface area contributed by atoms with Gasteiger partial charge in [-0.25, -0.2) is 4.79 Å². The number of fused-ring (bicyclic) bond motifs is 4. The number of hydrogen-bond acceptors (Lipinski definition) is 4. The predicted octanol–water partition coefficient (Wildman–Crippen LogP) is 4.41. The average Bonchev–Trinajstić information content (AvgIpc) is 3.41. The average molecular weight is 477 g/mol. The second-order valence-corrected chi connectivity index (χ2v) is 10.1. The number of carbonyl (C=O) groups is 3. The Bertz CT molecular complexity index is 1090. The number of alkyl carbamates (subject to hydrolysis) is 1. The molecular weight excluding hydrogens is 444 g/mol. The molecule has 1 aliphatic heterocycles. The van der Waals surface area contributed by atoms with Crippen molar-refractivity contribution in [2.24, 2.45) is 11.8 Å². The maximum absolute atomic E-state index is 13.0. The van der Waals surface area contributed by atoms with E-state index in [0.29, 0.717) is 25.3 Å². The molecule has 7 heteroatoms. The molecule has 4 atom stereocenters. The lowest BCUT2D eigenvalue weighted by Crippen LogP contribution is -2.45. The molecule has 2 amide bonds. The van der Waals surface area contributed by atoms with Gasteiger partial charge in [-0.1, -0.05) is 48.5 Å². The Labute approximate surface area is 205 Å². The van der Waals surface area contributed by atoms with Gasteiger partial charge < -0.3 is 20.1 Å². The van der Waals surface area contributed by atoms with E-state index in [1.165, 1.54) is 11.1 Å². The number of benzene rings is 2. The highest BCUT2D eigenvalue weighted by molar-refractivity contribution is 5.80. The minimum atomic E-state index is -0.770. The van der Waals surface area contributed by atoms with E-state index in [9.17, 15) is 19.5 Å². The van der Waals surface area contributed by atoms with Crippen molar-refractivity contribution in [3.63, 3.8) is 0 Å². The van der Waals surface area contributed by atoms with E-state index in [0.717, 1.165) is 24.0 Å². The summed E-state index contributed by atoms with van der Waals surface area (Å²) in [7, 11) is 0. The minimum absolute atomic E-state index is 0.000922. The predicted molar refractivity (Wildman–Crippen MR) is 131 cm³/mol. The van der Waals surface area contributed by atoms with Gasteiger partial charge in [0.1, 0.15) is 6.61 Å². The van der Waals surface area contributed by atoms with Crippen LogP contribution in [-0.2, 0) is 14.3 Å². The van der Waals surface area contributed by atoms with Crippen molar-refractivity contribution in [2.45, 2.75) is 57.0 Å². The second kappa shape index (κ2) is 9.72. The van der Waals surface area contributed by atoms with Gasteiger partial charge in [-0.05, 0) is 60.8 Å². The van der Waals surface area contributed by atoms with Crippen molar-refractivity contribution in [3.05, 3.63) is 59.7 Å². The Morgan fingerprint density at radius 2 is 1.69 bits per heavy atom. The second-order valence-electron chi connectivity index (χ2n) is 10.1. The number of nitrogens with one attached hydrogen (secondary N) is 1. The van der Waals surface area contributed by atoms with Gasteiger partial charge in [-0.2, -0.15) is 0 Å². The van der Waals surface area contributed by atoms with Gasteiger partial charge in [0, 0.05) is 31.0 Å².